The maximum absolute atomic E-state index is 12.3. The predicted octanol–water partition coefficient (Wildman–Crippen LogP) is 3.79. The molecule has 0 aromatic carbocycles. The minimum Gasteiger partial charge on any atom is -0.339 e. The van der Waals surface area contributed by atoms with E-state index in [1.165, 1.54) is 25.5 Å². The fourth-order valence-corrected chi connectivity index (χ4v) is 2.65. The molecule has 0 bridgehead atoms. The normalized spacial score (nSPS) is 16.6. The summed E-state index contributed by atoms with van der Waals surface area (Å²) in [5, 5.41) is 0.549. The van der Waals surface area contributed by atoms with Crippen molar-refractivity contribution in [2.45, 2.75) is 38.1 Å². The number of carbonyl (C=O) groups excluding carboxylic acids is 1. The number of rotatable bonds is 2. The number of amides is 1. The van der Waals surface area contributed by atoms with Crippen LogP contribution in [0.5, 0.6) is 0 Å². The molecule has 1 aromatic heterocycles. The van der Waals surface area contributed by atoms with E-state index in [-0.39, 0.29) is 11.1 Å². The molecule has 0 spiro atoms. The number of pyridine rings is 1. The first-order valence-corrected chi connectivity index (χ1v) is 6.93. The molecular formula is C13H16Cl2N2O. The van der Waals surface area contributed by atoms with Gasteiger partial charge in [0.1, 0.15) is 5.15 Å². The molecule has 1 amide bonds. The summed E-state index contributed by atoms with van der Waals surface area (Å²) >= 11 is 11.6. The van der Waals surface area contributed by atoms with Gasteiger partial charge in [0, 0.05) is 19.3 Å². The molecule has 0 atom stereocenters. The zero-order valence-corrected chi connectivity index (χ0v) is 11.8. The molecule has 98 valence electrons. The fourth-order valence-electron chi connectivity index (χ4n) is 2.38. The average Bonchev–Trinajstić information content (AvgIpc) is 2.41. The van der Waals surface area contributed by atoms with Crippen LogP contribution in [-0.4, -0.2) is 28.9 Å². The van der Waals surface area contributed by atoms with Gasteiger partial charge in [-0.1, -0.05) is 42.5 Å². The lowest BCUT2D eigenvalue weighted by Crippen LogP contribution is -2.38. The summed E-state index contributed by atoms with van der Waals surface area (Å²) < 4.78 is 0. The molecule has 1 aromatic rings. The minimum absolute atomic E-state index is 0.0343. The summed E-state index contributed by atoms with van der Waals surface area (Å²) in [5.74, 6) is -0.0343. The maximum atomic E-state index is 12.3. The molecule has 1 fully saturated rings. The van der Waals surface area contributed by atoms with Gasteiger partial charge in [-0.25, -0.2) is 4.98 Å². The predicted molar refractivity (Wildman–Crippen MR) is 73.2 cm³/mol. The van der Waals surface area contributed by atoms with Gasteiger partial charge in [0.15, 0.2) is 0 Å². The van der Waals surface area contributed by atoms with Crippen molar-refractivity contribution in [3.8, 4) is 0 Å². The highest BCUT2D eigenvalue weighted by atomic mass is 35.5. The fraction of sp³-hybridized carbons (Fsp3) is 0.538. The van der Waals surface area contributed by atoms with Gasteiger partial charge < -0.3 is 4.90 Å². The highest BCUT2D eigenvalue weighted by Gasteiger charge is 2.23. The third-order valence-corrected chi connectivity index (χ3v) is 4.17. The lowest BCUT2D eigenvalue weighted by atomic mass is 9.94. The van der Waals surface area contributed by atoms with Crippen molar-refractivity contribution in [3.05, 3.63) is 28.0 Å². The molecule has 0 radical (unpaired) electrons. The van der Waals surface area contributed by atoms with Crippen LogP contribution >= 0.6 is 23.2 Å². The van der Waals surface area contributed by atoms with Crippen LogP contribution < -0.4 is 0 Å². The Morgan fingerprint density at radius 2 is 2.00 bits per heavy atom. The number of nitrogens with zero attached hydrogens (tertiary/aromatic N) is 2. The van der Waals surface area contributed by atoms with Crippen LogP contribution in [0.1, 0.15) is 42.5 Å². The Hall–Kier alpha value is -0.800. The molecule has 0 aliphatic heterocycles. The zero-order chi connectivity index (χ0) is 13.1. The molecule has 1 saturated carbocycles. The molecule has 1 heterocycles. The van der Waals surface area contributed by atoms with Crippen LogP contribution in [0.3, 0.4) is 0 Å². The van der Waals surface area contributed by atoms with Crippen molar-refractivity contribution < 1.29 is 4.79 Å². The maximum Gasteiger partial charge on any atom is 0.255 e. The van der Waals surface area contributed by atoms with Gasteiger partial charge >= 0.3 is 0 Å². The Kier molecular flexibility index (Phi) is 4.46. The lowest BCUT2D eigenvalue weighted by Gasteiger charge is -2.31. The van der Waals surface area contributed by atoms with Gasteiger partial charge in [-0.15, -0.1) is 0 Å². The molecule has 1 aliphatic carbocycles. The molecule has 0 unspecified atom stereocenters. The molecule has 5 heteroatoms. The summed E-state index contributed by atoms with van der Waals surface area (Å²) in [6, 6.07) is 1.92. The molecule has 0 N–H and O–H groups in total. The van der Waals surface area contributed by atoms with Crippen LogP contribution in [0, 0.1) is 0 Å². The number of halogens is 2. The van der Waals surface area contributed by atoms with E-state index in [2.05, 4.69) is 4.98 Å². The summed E-state index contributed by atoms with van der Waals surface area (Å²) in [6.45, 7) is 0. The summed E-state index contributed by atoms with van der Waals surface area (Å²) in [4.78, 5) is 18.0. The van der Waals surface area contributed by atoms with Crippen LogP contribution in [0.25, 0.3) is 0 Å². The van der Waals surface area contributed by atoms with Crippen LogP contribution in [0.2, 0.25) is 10.2 Å². The van der Waals surface area contributed by atoms with E-state index in [1.54, 1.807) is 11.0 Å². The van der Waals surface area contributed by atoms with Gasteiger partial charge in [-0.05, 0) is 18.9 Å². The second-order valence-corrected chi connectivity index (χ2v) is 5.47. The van der Waals surface area contributed by atoms with Crippen LogP contribution in [0.4, 0.5) is 0 Å². The molecular weight excluding hydrogens is 271 g/mol. The molecule has 2 rings (SSSR count). The highest BCUT2D eigenvalue weighted by Crippen LogP contribution is 2.24. The quantitative estimate of drug-likeness (QED) is 0.775. The third kappa shape index (κ3) is 2.96. The largest absolute Gasteiger partial charge is 0.339 e. The first-order valence-electron chi connectivity index (χ1n) is 6.18. The summed E-state index contributed by atoms with van der Waals surface area (Å²) in [7, 11) is 1.85. The SMILES string of the molecule is CN(C(=O)c1cnc(Cl)c(Cl)c1)C1CCCCC1. The minimum atomic E-state index is -0.0343. The van der Waals surface area contributed by atoms with Crippen molar-refractivity contribution in [2.24, 2.45) is 0 Å². The Bertz CT molecular complexity index is 445. The summed E-state index contributed by atoms with van der Waals surface area (Å²) in [5.41, 5.74) is 0.498. The van der Waals surface area contributed by atoms with E-state index < -0.39 is 0 Å². The monoisotopic (exact) mass is 286 g/mol. The smallest absolute Gasteiger partial charge is 0.255 e. The lowest BCUT2D eigenvalue weighted by molar-refractivity contribution is 0.0696. The van der Waals surface area contributed by atoms with Crippen LogP contribution in [-0.2, 0) is 0 Å². The molecule has 1 aliphatic rings. The van der Waals surface area contributed by atoms with E-state index in [0.717, 1.165) is 12.8 Å². The Morgan fingerprint density at radius 1 is 1.33 bits per heavy atom. The Morgan fingerprint density at radius 3 is 2.61 bits per heavy atom. The number of aromatic nitrogens is 1. The van der Waals surface area contributed by atoms with E-state index >= 15 is 0 Å². The second-order valence-electron chi connectivity index (χ2n) is 4.70. The first kappa shape index (κ1) is 13.6. The average molecular weight is 287 g/mol. The standard InChI is InChI=1S/C13H16Cl2N2O/c1-17(10-5-3-2-4-6-10)13(18)9-7-11(14)12(15)16-8-9/h7-8,10H,2-6H2,1H3. The Labute approximate surface area is 117 Å². The number of hydrogen-bond donors (Lipinski definition) is 0. The van der Waals surface area contributed by atoms with E-state index in [1.807, 2.05) is 7.05 Å². The Balaban J connectivity index is 2.11. The molecule has 18 heavy (non-hydrogen) atoms. The third-order valence-electron chi connectivity index (χ3n) is 3.49. The highest BCUT2D eigenvalue weighted by molar-refractivity contribution is 6.41. The van der Waals surface area contributed by atoms with Gasteiger partial charge in [0.05, 0.1) is 10.6 Å². The van der Waals surface area contributed by atoms with Gasteiger partial charge in [0.2, 0.25) is 0 Å². The van der Waals surface area contributed by atoms with Crippen molar-refractivity contribution in [2.75, 3.05) is 7.05 Å². The van der Waals surface area contributed by atoms with E-state index in [0.29, 0.717) is 16.6 Å². The van der Waals surface area contributed by atoms with Crippen LogP contribution in [0.15, 0.2) is 12.3 Å². The van der Waals surface area contributed by atoms with Gasteiger partial charge in [-0.2, -0.15) is 0 Å². The second kappa shape index (κ2) is 5.89. The zero-order valence-electron chi connectivity index (χ0n) is 10.3. The van der Waals surface area contributed by atoms with Gasteiger partial charge in [-0.3, -0.25) is 4.79 Å². The van der Waals surface area contributed by atoms with Crippen molar-refractivity contribution in [1.82, 2.24) is 9.88 Å². The molecule has 3 nitrogen and oxygen atoms in total. The summed E-state index contributed by atoms with van der Waals surface area (Å²) in [6.07, 6.45) is 7.31. The van der Waals surface area contributed by atoms with Crippen molar-refractivity contribution >= 4 is 29.1 Å². The first-order chi connectivity index (χ1) is 8.59. The van der Waals surface area contributed by atoms with Crippen molar-refractivity contribution in [3.63, 3.8) is 0 Å². The molecule has 0 saturated heterocycles. The topological polar surface area (TPSA) is 33.2 Å². The van der Waals surface area contributed by atoms with Crippen molar-refractivity contribution in [1.29, 1.82) is 0 Å². The van der Waals surface area contributed by atoms with E-state index in [9.17, 15) is 4.79 Å². The van der Waals surface area contributed by atoms with Gasteiger partial charge in [0.25, 0.3) is 5.91 Å². The number of hydrogen-bond acceptors (Lipinski definition) is 2. The van der Waals surface area contributed by atoms with E-state index in [4.69, 9.17) is 23.2 Å². The number of carbonyl (C=O) groups is 1.